The third kappa shape index (κ3) is 2.23. The van der Waals surface area contributed by atoms with E-state index in [1.807, 2.05) is 0 Å². The van der Waals surface area contributed by atoms with E-state index in [0.717, 1.165) is 0 Å². The van der Waals surface area contributed by atoms with Crippen LogP contribution >= 0.6 is 11.6 Å². The molecule has 0 spiro atoms. The minimum atomic E-state index is -2.59. The number of carbonyl (C=O) groups excluding carboxylic acids is 1. The average molecular weight is 217 g/mol. The Hall–Kier alpha value is -1.09. The van der Waals surface area contributed by atoms with Gasteiger partial charge in [0.15, 0.2) is 0 Å². The monoisotopic (exact) mass is 216 g/mol. The molecule has 0 bridgehead atoms. The number of rotatable bonds is 3. The molecule has 1 atom stereocenters. The Kier molecular flexibility index (Phi) is 3.47. The molecule has 0 aliphatic heterocycles. The topological polar surface area (TPSA) is 26.3 Å². The van der Waals surface area contributed by atoms with Crippen LogP contribution in [-0.2, 0) is 14.7 Å². The number of halogens is 2. The molecule has 0 saturated carbocycles. The van der Waals surface area contributed by atoms with Crippen molar-refractivity contribution < 1.29 is 13.9 Å². The van der Waals surface area contributed by atoms with Crippen molar-refractivity contribution >= 4 is 17.6 Å². The number of benzene rings is 1. The molecule has 0 N–H and O–H groups in total. The van der Waals surface area contributed by atoms with Crippen molar-refractivity contribution in [2.75, 3.05) is 6.61 Å². The molecule has 0 radical (unpaired) electrons. The first-order valence-corrected chi connectivity index (χ1v) is 4.57. The lowest BCUT2D eigenvalue weighted by molar-refractivity contribution is -0.152. The van der Waals surface area contributed by atoms with Crippen molar-refractivity contribution in [2.24, 2.45) is 0 Å². The van der Waals surface area contributed by atoms with E-state index in [1.54, 1.807) is 25.1 Å². The molecule has 1 aromatic rings. The third-order valence-electron chi connectivity index (χ3n) is 1.67. The zero-order valence-corrected chi connectivity index (χ0v) is 8.42. The van der Waals surface area contributed by atoms with Crippen molar-refractivity contribution in [3.05, 3.63) is 35.9 Å². The highest BCUT2D eigenvalue weighted by Crippen LogP contribution is 2.31. The summed E-state index contributed by atoms with van der Waals surface area (Å²) in [5, 5.41) is -2.59. The molecule has 1 rings (SSSR count). The molecular formula is C10H10ClFO2. The number of hydrogen-bond donors (Lipinski definition) is 0. The molecule has 76 valence electrons. The molecule has 2 nitrogen and oxygen atoms in total. The Labute approximate surface area is 86.6 Å². The van der Waals surface area contributed by atoms with Crippen molar-refractivity contribution in [2.45, 2.75) is 12.1 Å². The van der Waals surface area contributed by atoms with Gasteiger partial charge in [-0.15, -0.1) is 0 Å². The van der Waals surface area contributed by atoms with Crippen LogP contribution in [0.4, 0.5) is 4.39 Å². The maximum absolute atomic E-state index is 13.7. The minimum absolute atomic E-state index is 0.0834. The van der Waals surface area contributed by atoms with Crippen LogP contribution in [0.25, 0.3) is 0 Å². The second-order valence-electron chi connectivity index (χ2n) is 2.66. The van der Waals surface area contributed by atoms with E-state index < -0.39 is 11.1 Å². The molecule has 0 saturated heterocycles. The second kappa shape index (κ2) is 4.42. The van der Waals surface area contributed by atoms with Gasteiger partial charge in [0.05, 0.1) is 6.61 Å². The molecule has 0 amide bonds. The van der Waals surface area contributed by atoms with E-state index in [2.05, 4.69) is 4.74 Å². The van der Waals surface area contributed by atoms with Crippen molar-refractivity contribution in [3.8, 4) is 0 Å². The Bertz CT molecular complexity index is 311. The Morgan fingerprint density at radius 3 is 2.57 bits per heavy atom. The lowest BCUT2D eigenvalue weighted by Gasteiger charge is -2.15. The van der Waals surface area contributed by atoms with Gasteiger partial charge in [-0.1, -0.05) is 41.9 Å². The van der Waals surface area contributed by atoms with Gasteiger partial charge in [0.25, 0.3) is 0 Å². The second-order valence-corrected chi connectivity index (χ2v) is 3.18. The predicted octanol–water partition coefficient (Wildman–Crippen LogP) is 2.61. The number of ether oxygens (including phenoxy) is 1. The van der Waals surface area contributed by atoms with E-state index in [-0.39, 0.29) is 12.2 Å². The molecule has 4 heteroatoms. The first-order chi connectivity index (χ1) is 6.59. The van der Waals surface area contributed by atoms with E-state index in [9.17, 15) is 9.18 Å². The standard InChI is InChI=1S/C10H10ClFO2/c1-2-14-9(13)10(11,12)8-6-4-3-5-7-8/h3-7H,2H2,1H3. The molecule has 14 heavy (non-hydrogen) atoms. The van der Waals surface area contributed by atoms with E-state index in [4.69, 9.17) is 11.6 Å². The van der Waals surface area contributed by atoms with Crippen LogP contribution in [0.5, 0.6) is 0 Å². The van der Waals surface area contributed by atoms with Crippen molar-refractivity contribution in [1.82, 2.24) is 0 Å². The van der Waals surface area contributed by atoms with Gasteiger partial charge in [0.2, 0.25) is 0 Å². The van der Waals surface area contributed by atoms with Gasteiger partial charge in [-0.05, 0) is 6.92 Å². The average Bonchev–Trinajstić information content (AvgIpc) is 2.19. The van der Waals surface area contributed by atoms with Gasteiger partial charge in [0.1, 0.15) is 0 Å². The van der Waals surface area contributed by atoms with Crippen molar-refractivity contribution in [3.63, 3.8) is 0 Å². The van der Waals surface area contributed by atoms with Gasteiger partial charge in [-0.25, -0.2) is 9.18 Å². The van der Waals surface area contributed by atoms with Gasteiger partial charge >= 0.3 is 11.1 Å². The van der Waals surface area contributed by atoms with Gasteiger partial charge < -0.3 is 4.74 Å². The fourth-order valence-electron chi connectivity index (χ4n) is 0.987. The van der Waals surface area contributed by atoms with Gasteiger partial charge in [0, 0.05) is 5.56 Å². The molecule has 0 aliphatic rings. The quantitative estimate of drug-likeness (QED) is 0.574. The maximum atomic E-state index is 13.7. The zero-order valence-electron chi connectivity index (χ0n) is 7.67. The first-order valence-electron chi connectivity index (χ1n) is 4.19. The summed E-state index contributed by atoms with van der Waals surface area (Å²) in [6, 6.07) is 7.78. The highest BCUT2D eigenvalue weighted by atomic mass is 35.5. The molecule has 1 unspecified atom stereocenters. The van der Waals surface area contributed by atoms with Crippen LogP contribution < -0.4 is 0 Å². The molecule has 0 heterocycles. The summed E-state index contributed by atoms with van der Waals surface area (Å²) in [4.78, 5) is 11.1. The summed E-state index contributed by atoms with van der Waals surface area (Å²) in [5.74, 6) is -1.08. The largest absolute Gasteiger partial charge is 0.462 e. The fourth-order valence-corrected chi connectivity index (χ4v) is 1.17. The molecule has 0 aliphatic carbocycles. The van der Waals surface area contributed by atoms with Gasteiger partial charge in [-0.3, -0.25) is 0 Å². The normalized spacial score (nSPS) is 14.5. The molecular weight excluding hydrogens is 207 g/mol. The molecule has 0 fully saturated rings. The number of hydrogen-bond acceptors (Lipinski definition) is 2. The Balaban J connectivity index is 2.90. The molecule has 0 aromatic heterocycles. The number of alkyl halides is 2. The summed E-state index contributed by atoms with van der Waals surface area (Å²) in [6.45, 7) is 1.69. The van der Waals surface area contributed by atoms with Crippen LogP contribution in [0.15, 0.2) is 30.3 Å². The summed E-state index contributed by atoms with van der Waals surface area (Å²) >= 11 is 5.45. The van der Waals surface area contributed by atoms with Crippen LogP contribution in [-0.4, -0.2) is 12.6 Å². The minimum Gasteiger partial charge on any atom is -0.462 e. The Morgan fingerprint density at radius 2 is 2.07 bits per heavy atom. The zero-order chi connectivity index (χ0) is 10.6. The lowest BCUT2D eigenvalue weighted by atomic mass is 10.1. The smallest absolute Gasteiger partial charge is 0.364 e. The van der Waals surface area contributed by atoms with Crippen LogP contribution in [0.2, 0.25) is 0 Å². The maximum Gasteiger partial charge on any atom is 0.364 e. The highest BCUT2D eigenvalue weighted by Gasteiger charge is 2.39. The number of esters is 1. The van der Waals surface area contributed by atoms with E-state index >= 15 is 0 Å². The predicted molar refractivity (Wildman–Crippen MR) is 51.7 cm³/mol. The van der Waals surface area contributed by atoms with Crippen LogP contribution in [0.1, 0.15) is 12.5 Å². The van der Waals surface area contributed by atoms with Crippen LogP contribution in [0.3, 0.4) is 0 Å². The summed E-state index contributed by atoms with van der Waals surface area (Å²) < 4.78 is 18.2. The third-order valence-corrected chi connectivity index (χ3v) is 2.04. The van der Waals surface area contributed by atoms with Gasteiger partial charge in [-0.2, -0.15) is 0 Å². The number of carbonyl (C=O) groups is 1. The Morgan fingerprint density at radius 1 is 1.50 bits per heavy atom. The SMILES string of the molecule is CCOC(=O)C(F)(Cl)c1ccccc1. The van der Waals surface area contributed by atoms with Crippen LogP contribution in [0, 0.1) is 0 Å². The van der Waals surface area contributed by atoms with Crippen molar-refractivity contribution in [1.29, 1.82) is 0 Å². The summed E-state index contributed by atoms with van der Waals surface area (Å²) in [7, 11) is 0. The molecule has 1 aromatic carbocycles. The highest BCUT2D eigenvalue weighted by molar-refractivity contribution is 6.32. The summed E-state index contributed by atoms with van der Waals surface area (Å²) in [5.41, 5.74) is 0.0834. The first kappa shape index (κ1) is 11.0. The fraction of sp³-hybridized carbons (Fsp3) is 0.300. The van der Waals surface area contributed by atoms with E-state index in [0.29, 0.717) is 0 Å². The van der Waals surface area contributed by atoms with E-state index in [1.165, 1.54) is 12.1 Å². The summed E-state index contributed by atoms with van der Waals surface area (Å²) in [6.07, 6.45) is 0. The lowest BCUT2D eigenvalue weighted by Crippen LogP contribution is -2.27.